The minimum atomic E-state index is 0.216. The van der Waals surface area contributed by atoms with Gasteiger partial charge in [-0.05, 0) is 36.3 Å². The van der Waals surface area contributed by atoms with Crippen LogP contribution < -0.4 is 0 Å². The van der Waals surface area contributed by atoms with E-state index in [-0.39, 0.29) is 5.92 Å². The highest BCUT2D eigenvalue weighted by Crippen LogP contribution is 2.31. The molecule has 0 radical (unpaired) electrons. The van der Waals surface area contributed by atoms with Gasteiger partial charge in [-0.3, -0.25) is 9.78 Å². The Hall–Kier alpha value is -1.22. The van der Waals surface area contributed by atoms with Crippen molar-refractivity contribution in [1.29, 1.82) is 0 Å². The molecule has 1 aliphatic carbocycles. The average Bonchev–Trinajstić information content (AvgIpc) is 2.85. The second kappa shape index (κ2) is 4.81. The Kier molecular flexibility index (Phi) is 3.16. The summed E-state index contributed by atoms with van der Waals surface area (Å²) in [7, 11) is 0. The monoisotopic (exact) mass is 259 g/mol. The predicted molar refractivity (Wildman–Crippen MR) is 75.1 cm³/mol. The summed E-state index contributed by atoms with van der Waals surface area (Å²) in [6.45, 7) is 2.25. The lowest BCUT2D eigenvalue weighted by Gasteiger charge is -2.25. The zero-order valence-corrected chi connectivity index (χ0v) is 11.4. The van der Waals surface area contributed by atoms with Gasteiger partial charge in [0.1, 0.15) is 0 Å². The van der Waals surface area contributed by atoms with Gasteiger partial charge >= 0.3 is 0 Å². The van der Waals surface area contributed by atoms with Crippen molar-refractivity contribution < 1.29 is 4.79 Å². The number of rotatable bonds is 2. The number of Topliss-reactive ketones (excluding diaryl/α,β-unsaturated/α-hetero) is 1. The summed E-state index contributed by atoms with van der Waals surface area (Å²) in [4.78, 5) is 16.8. The van der Waals surface area contributed by atoms with Crippen LogP contribution in [-0.2, 0) is 0 Å². The van der Waals surface area contributed by atoms with Gasteiger partial charge in [0.05, 0.1) is 10.2 Å². The second-order valence-corrected chi connectivity index (χ2v) is 6.31. The molecule has 18 heavy (non-hydrogen) atoms. The van der Waals surface area contributed by atoms with Crippen molar-refractivity contribution in [1.82, 2.24) is 4.98 Å². The van der Waals surface area contributed by atoms with E-state index in [1.165, 1.54) is 12.8 Å². The number of aromatic nitrogens is 1. The Morgan fingerprint density at radius 3 is 3.17 bits per heavy atom. The predicted octanol–water partition coefficient (Wildman–Crippen LogP) is 4.31. The highest BCUT2D eigenvalue weighted by Gasteiger charge is 2.26. The first-order valence-corrected chi connectivity index (χ1v) is 7.49. The molecule has 0 aromatic carbocycles. The molecule has 2 aromatic rings. The van der Waals surface area contributed by atoms with Crippen molar-refractivity contribution in [2.75, 3.05) is 0 Å². The van der Waals surface area contributed by atoms with Gasteiger partial charge in [-0.15, -0.1) is 11.3 Å². The van der Waals surface area contributed by atoms with Gasteiger partial charge in [0.25, 0.3) is 0 Å². The third-order valence-electron chi connectivity index (χ3n) is 3.89. The zero-order chi connectivity index (χ0) is 12.5. The number of hydrogen-bond donors (Lipinski definition) is 0. The average molecular weight is 259 g/mol. The van der Waals surface area contributed by atoms with Crippen LogP contribution in [0.4, 0.5) is 0 Å². The van der Waals surface area contributed by atoms with E-state index in [9.17, 15) is 4.79 Å². The van der Waals surface area contributed by atoms with Crippen molar-refractivity contribution >= 4 is 27.3 Å². The number of hydrogen-bond acceptors (Lipinski definition) is 3. The van der Waals surface area contributed by atoms with Crippen LogP contribution in [-0.4, -0.2) is 10.8 Å². The van der Waals surface area contributed by atoms with Crippen LogP contribution in [0.25, 0.3) is 10.2 Å². The molecule has 2 atom stereocenters. The van der Waals surface area contributed by atoms with Crippen LogP contribution in [0.2, 0.25) is 0 Å². The smallest absolute Gasteiger partial charge is 0.167 e. The summed E-state index contributed by atoms with van der Waals surface area (Å²) in [5.41, 5.74) is 1.79. The highest BCUT2D eigenvalue weighted by atomic mass is 32.1. The van der Waals surface area contributed by atoms with Crippen molar-refractivity contribution in [3.8, 4) is 0 Å². The van der Waals surface area contributed by atoms with E-state index in [0.29, 0.717) is 11.7 Å². The molecule has 0 aliphatic heterocycles. The lowest BCUT2D eigenvalue weighted by atomic mass is 9.79. The van der Waals surface area contributed by atoms with E-state index in [0.717, 1.165) is 28.6 Å². The largest absolute Gasteiger partial charge is 0.294 e. The number of nitrogens with zero attached hydrogens (tertiary/aromatic N) is 1. The fourth-order valence-corrected chi connectivity index (χ4v) is 3.67. The molecule has 3 rings (SSSR count). The maximum absolute atomic E-state index is 12.5. The SMILES string of the molecule is CC1CCCC(C(=O)c2cnc3ccsc3c2)C1. The molecule has 0 spiro atoms. The third kappa shape index (κ3) is 2.19. The minimum absolute atomic E-state index is 0.216. The number of ketones is 1. The first-order valence-electron chi connectivity index (χ1n) is 6.61. The second-order valence-electron chi connectivity index (χ2n) is 5.36. The Morgan fingerprint density at radius 2 is 2.33 bits per heavy atom. The molecule has 1 aliphatic rings. The first kappa shape index (κ1) is 11.8. The van der Waals surface area contributed by atoms with E-state index in [4.69, 9.17) is 0 Å². The van der Waals surface area contributed by atoms with Crippen molar-refractivity contribution in [2.24, 2.45) is 11.8 Å². The van der Waals surface area contributed by atoms with Crippen LogP contribution >= 0.6 is 11.3 Å². The Labute approximate surface area is 111 Å². The lowest BCUT2D eigenvalue weighted by Crippen LogP contribution is -2.21. The fourth-order valence-electron chi connectivity index (χ4n) is 2.89. The van der Waals surface area contributed by atoms with Gasteiger partial charge < -0.3 is 0 Å². The molecular weight excluding hydrogens is 242 g/mol. The van der Waals surface area contributed by atoms with Crippen LogP contribution in [0, 0.1) is 11.8 Å². The molecule has 0 amide bonds. The lowest BCUT2D eigenvalue weighted by molar-refractivity contribution is 0.0868. The van der Waals surface area contributed by atoms with E-state index in [1.807, 2.05) is 17.5 Å². The summed E-state index contributed by atoms with van der Waals surface area (Å²) in [6, 6.07) is 4.01. The van der Waals surface area contributed by atoms with Crippen LogP contribution in [0.15, 0.2) is 23.7 Å². The van der Waals surface area contributed by atoms with Crippen molar-refractivity contribution in [2.45, 2.75) is 32.6 Å². The van der Waals surface area contributed by atoms with Crippen LogP contribution in [0.1, 0.15) is 43.0 Å². The maximum atomic E-state index is 12.5. The fraction of sp³-hybridized carbons (Fsp3) is 0.467. The standard InChI is InChI=1S/C15H17NOS/c1-10-3-2-4-11(7-10)15(17)12-8-14-13(16-9-12)5-6-18-14/h5-6,8-11H,2-4,7H2,1H3. The molecule has 2 aromatic heterocycles. The Balaban J connectivity index is 1.86. The van der Waals surface area contributed by atoms with Gasteiger partial charge in [0.15, 0.2) is 5.78 Å². The molecule has 0 saturated heterocycles. The summed E-state index contributed by atoms with van der Waals surface area (Å²) >= 11 is 1.65. The zero-order valence-electron chi connectivity index (χ0n) is 10.6. The molecule has 2 unspecified atom stereocenters. The summed E-state index contributed by atoms with van der Waals surface area (Å²) < 4.78 is 1.12. The molecule has 2 heterocycles. The number of thiophene rings is 1. The Morgan fingerprint density at radius 1 is 1.44 bits per heavy atom. The van der Waals surface area contributed by atoms with Gasteiger partial charge in [-0.1, -0.05) is 19.8 Å². The van der Waals surface area contributed by atoms with E-state index >= 15 is 0 Å². The van der Waals surface area contributed by atoms with Crippen molar-refractivity contribution in [3.63, 3.8) is 0 Å². The molecule has 0 N–H and O–H groups in total. The van der Waals surface area contributed by atoms with Gasteiger partial charge in [0, 0.05) is 17.7 Å². The van der Waals surface area contributed by atoms with Gasteiger partial charge in [0.2, 0.25) is 0 Å². The van der Waals surface area contributed by atoms with Gasteiger partial charge in [-0.2, -0.15) is 0 Å². The normalized spacial score (nSPS) is 24.3. The van der Waals surface area contributed by atoms with Gasteiger partial charge in [-0.25, -0.2) is 0 Å². The third-order valence-corrected chi connectivity index (χ3v) is 4.75. The molecule has 1 fully saturated rings. The molecule has 0 bridgehead atoms. The summed E-state index contributed by atoms with van der Waals surface area (Å²) in [5.74, 6) is 1.20. The quantitative estimate of drug-likeness (QED) is 0.752. The minimum Gasteiger partial charge on any atom is -0.294 e. The summed E-state index contributed by atoms with van der Waals surface area (Å²) in [6.07, 6.45) is 6.29. The van der Waals surface area contributed by atoms with Crippen LogP contribution in [0.5, 0.6) is 0 Å². The molecule has 94 valence electrons. The van der Waals surface area contributed by atoms with E-state index in [2.05, 4.69) is 11.9 Å². The van der Waals surface area contributed by atoms with E-state index < -0.39 is 0 Å². The topological polar surface area (TPSA) is 30.0 Å². The molecular formula is C15H17NOS. The number of carbonyl (C=O) groups is 1. The Bertz CT molecular complexity index is 575. The molecule has 1 saturated carbocycles. The van der Waals surface area contributed by atoms with Crippen molar-refractivity contribution in [3.05, 3.63) is 29.3 Å². The number of fused-ring (bicyclic) bond motifs is 1. The summed E-state index contributed by atoms with van der Waals surface area (Å²) in [5, 5.41) is 2.02. The molecule has 3 heteroatoms. The number of pyridine rings is 1. The highest BCUT2D eigenvalue weighted by molar-refractivity contribution is 7.17. The van der Waals surface area contributed by atoms with E-state index in [1.54, 1.807) is 17.5 Å². The van der Waals surface area contributed by atoms with Crippen LogP contribution in [0.3, 0.4) is 0 Å². The number of carbonyl (C=O) groups excluding carboxylic acids is 1. The first-order chi connectivity index (χ1) is 8.74. The maximum Gasteiger partial charge on any atom is 0.167 e. The molecule has 2 nitrogen and oxygen atoms in total.